The molecule has 0 fully saturated rings. The normalized spacial score (nSPS) is 12.2. The van der Waals surface area contributed by atoms with E-state index >= 15 is 0 Å². The Bertz CT molecular complexity index is 582. The predicted molar refractivity (Wildman–Crippen MR) is 68.2 cm³/mol. The summed E-state index contributed by atoms with van der Waals surface area (Å²) in [5.74, 6) is -0.280. The fourth-order valence-electron chi connectivity index (χ4n) is 1.73. The molecule has 4 nitrogen and oxygen atoms in total. The minimum atomic E-state index is -0.534. The molecule has 0 saturated carbocycles. The summed E-state index contributed by atoms with van der Waals surface area (Å²) < 4.78 is 13.8. The van der Waals surface area contributed by atoms with E-state index in [1.54, 1.807) is 19.3 Å². The van der Waals surface area contributed by atoms with Crippen molar-refractivity contribution in [1.82, 2.24) is 9.97 Å². The number of aromatic nitrogens is 2. The summed E-state index contributed by atoms with van der Waals surface area (Å²) in [7, 11) is 0. The van der Waals surface area contributed by atoms with Gasteiger partial charge in [0.15, 0.2) is 5.82 Å². The van der Waals surface area contributed by atoms with Gasteiger partial charge in [0, 0.05) is 24.4 Å². The van der Waals surface area contributed by atoms with E-state index in [1.807, 2.05) is 0 Å². The Hall–Kier alpha value is -2.14. The summed E-state index contributed by atoms with van der Waals surface area (Å²) in [6, 6.07) is 4.14. The molecule has 98 valence electrons. The summed E-state index contributed by atoms with van der Waals surface area (Å²) >= 11 is 0. The zero-order chi connectivity index (χ0) is 13.8. The van der Waals surface area contributed by atoms with Crippen molar-refractivity contribution < 1.29 is 14.3 Å². The van der Waals surface area contributed by atoms with Gasteiger partial charge in [-0.3, -0.25) is 4.79 Å². The van der Waals surface area contributed by atoms with Crippen LogP contribution in [0.25, 0.3) is 11.4 Å². The first-order valence-corrected chi connectivity index (χ1v) is 5.84. The third-order valence-electron chi connectivity index (χ3n) is 2.61. The van der Waals surface area contributed by atoms with Crippen LogP contribution in [0, 0.1) is 5.82 Å². The first kappa shape index (κ1) is 13.3. The van der Waals surface area contributed by atoms with Gasteiger partial charge in [0.25, 0.3) is 0 Å². The maximum Gasteiger partial charge on any atom is 0.162 e. The number of hydrogen-bond acceptors (Lipinski definition) is 4. The number of carbonyl (C=O) groups is 1. The van der Waals surface area contributed by atoms with Crippen LogP contribution in [0.1, 0.15) is 22.8 Å². The molecule has 2 rings (SSSR count). The number of benzene rings is 1. The van der Waals surface area contributed by atoms with Gasteiger partial charge in [-0.1, -0.05) is 6.07 Å². The molecule has 5 heteroatoms. The van der Waals surface area contributed by atoms with E-state index in [1.165, 1.54) is 12.1 Å². The highest BCUT2D eigenvalue weighted by Crippen LogP contribution is 2.19. The second-order valence-corrected chi connectivity index (χ2v) is 4.33. The molecule has 2 aromatic rings. The van der Waals surface area contributed by atoms with Crippen molar-refractivity contribution in [3.63, 3.8) is 0 Å². The molecule has 1 aromatic carbocycles. The van der Waals surface area contributed by atoms with Crippen LogP contribution < -0.4 is 0 Å². The van der Waals surface area contributed by atoms with Crippen molar-refractivity contribution in [1.29, 1.82) is 0 Å². The first-order chi connectivity index (χ1) is 9.10. The first-order valence-electron chi connectivity index (χ1n) is 5.84. The lowest BCUT2D eigenvalue weighted by Crippen LogP contribution is -2.05. The van der Waals surface area contributed by atoms with Crippen molar-refractivity contribution in [3.8, 4) is 11.4 Å². The van der Waals surface area contributed by atoms with Crippen LogP contribution in [-0.4, -0.2) is 27.5 Å². The van der Waals surface area contributed by atoms with E-state index in [4.69, 9.17) is 0 Å². The second kappa shape index (κ2) is 5.67. The van der Waals surface area contributed by atoms with Crippen LogP contribution in [-0.2, 0) is 6.42 Å². The molecule has 1 atom stereocenters. The quantitative estimate of drug-likeness (QED) is 0.854. The van der Waals surface area contributed by atoms with Gasteiger partial charge in [0.1, 0.15) is 12.1 Å². The van der Waals surface area contributed by atoms with Crippen molar-refractivity contribution >= 4 is 6.29 Å². The molecular formula is C14H13FN2O2. The predicted octanol–water partition coefficient (Wildman–Crippen LogP) is 2.02. The maximum atomic E-state index is 13.8. The monoisotopic (exact) mass is 260 g/mol. The fourth-order valence-corrected chi connectivity index (χ4v) is 1.73. The molecule has 0 aliphatic heterocycles. The molecule has 0 aliphatic carbocycles. The lowest BCUT2D eigenvalue weighted by atomic mass is 10.1. The van der Waals surface area contributed by atoms with E-state index < -0.39 is 11.9 Å². The number of hydrogen-bond donors (Lipinski definition) is 1. The fraction of sp³-hybridized carbons (Fsp3) is 0.214. The maximum absolute atomic E-state index is 13.8. The molecule has 1 N–H and O–H groups in total. The highest BCUT2D eigenvalue weighted by atomic mass is 19.1. The molecule has 0 amide bonds. The van der Waals surface area contributed by atoms with Crippen LogP contribution in [0.5, 0.6) is 0 Å². The van der Waals surface area contributed by atoms with Crippen LogP contribution >= 0.6 is 0 Å². The Morgan fingerprint density at radius 2 is 2.05 bits per heavy atom. The third-order valence-corrected chi connectivity index (χ3v) is 2.61. The Morgan fingerprint density at radius 3 is 2.58 bits per heavy atom. The zero-order valence-corrected chi connectivity index (χ0v) is 10.4. The number of halogens is 1. The Balaban J connectivity index is 2.29. The average molecular weight is 260 g/mol. The van der Waals surface area contributed by atoms with Crippen LogP contribution in [0.15, 0.2) is 30.6 Å². The number of rotatable bonds is 4. The van der Waals surface area contributed by atoms with Gasteiger partial charge in [-0.15, -0.1) is 0 Å². The average Bonchev–Trinajstić information content (AvgIpc) is 2.39. The summed E-state index contributed by atoms with van der Waals surface area (Å²) in [5, 5.41) is 9.25. The lowest BCUT2D eigenvalue weighted by Gasteiger charge is -2.05. The molecule has 0 radical (unpaired) electrons. The van der Waals surface area contributed by atoms with Crippen molar-refractivity contribution in [2.45, 2.75) is 19.4 Å². The van der Waals surface area contributed by atoms with Gasteiger partial charge in [-0.25, -0.2) is 14.4 Å². The second-order valence-electron chi connectivity index (χ2n) is 4.33. The highest BCUT2D eigenvalue weighted by Gasteiger charge is 2.09. The molecule has 1 heterocycles. The Kier molecular flexibility index (Phi) is 3.97. The topological polar surface area (TPSA) is 63.1 Å². The summed E-state index contributed by atoms with van der Waals surface area (Å²) in [5.41, 5.74) is 1.30. The minimum absolute atomic E-state index is 0.245. The van der Waals surface area contributed by atoms with E-state index in [9.17, 15) is 14.3 Å². The van der Waals surface area contributed by atoms with Crippen molar-refractivity contribution in [2.24, 2.45) is 0 Å². The number of aliphatic hydroxyl groups is 1. The molecule has 0 saturated heterocycles. The summed E-state index contributed by atoms with van der Waals surface area (Å²) in [6.45, 7) is 1.67. The van der Waals surface area contributed by atoms with Gasteiger partial charge < -0.3 is 5.11 Å². The van der Waals surface area contributed by atoms with Gasteiger partial charge in [0.05, 0.1) is 11.7 Å². The summed E-state index contributed by atoms with van der Waals surface area (Å²) in [4.78, 5) is 18.7. The molecule has 19 heavy (non-hydrogen) atoms. The number of aldehydes is 1. The number of nitrogens with zero attached hydrogens (tertiary/aromatic N) is 2. The number of carbonyl (C=O) groups excluding carboxylic acids is 1. The molecule has 1 aromatic heterocycles. The Morgan fingerprint density at radius 1 is 1.37 bits per heavy atom. The van der Waals surface area contributed by atoms with Crippen LogP contribution in [0.2, 0.25) is 0 Å². The smallest absolute Gasteiger partial charge is 0.162 e. The summed E-state index contributed by atoms with van der Waals surface area (Å²) in [6.07, 6.45) is 3.68. The largest absolute Gasteiger partial charge is 0.393 e. The Labute approximate surface area is 110 Å². The van der Waals surface area contributed by atoms with E-state index in [0.29, 0.717) is 12.7 Å². The highest BCUT2D eigenvalue weighted by molar-refractivity contribution is 5.76. The SMILES string of the molecule is CC(O)Cc1cnc(-c2ccc(C=O)cc2F)nc1. The molecule has 1 unspecified atom stereocenters. The van der Waals surface area contributed by atoms with Crippen LogP contribution in [0.3, 0.4) is 0 Å². The molecular weight excluding hydrogens is 247 g/mol. The van der Waals surface area contributed by atoms with Gasteiger partial charge >= 0.3 is 0 Å². The van der Waals surface area contributed by atoms with Gasteiger partial charge in [-0.2, -0.15) is 0 Å². The van der Waals surface area contributed by atoms with E-state index in [0.717, 1.165) is 11.6 Å². The van der Waals surface area contributed by atoms with Crippen LogP contribution in [0.4, 0.5) is 4.39 Å². The molecule has 0 bridgehead atoms. The molecule has 0 aliphatic rings. The third kappa shape index (κ3) is 3.20. The van der Waals surface area contributed by atoms with Gasteiger partial charge in [0.2, 0.25) is 0 Å². The van der Waals surface area contributed by atoms with Gasteiger partial charge in [-0.05, 0) is 24.6 Å². The number of aliphatic hydroxyl groups excluding tert-OH is 1. The lowest BCUT2D eigenvalue weighted by molar-refractivity contribution is 0.112. The molecule has 0 spiro atoms. The van der Waals surface area contributed by atoms with E-state index in [2.05, 4.69) is 9.97 Å². The standard InChI is InChI=1S/C14H13FN2O2/c1-9(19)4-11-6-16-14(17-7-11)12-3-2-10(8-18)5-13(12)15/h2-3,5-9,19H,4H2,1H3. The minimum Gasteiger partial charge on any atom is -0.393 e. The van der Waals surface area contributed by atoms with E-state index in [-0.39, 0.29) is 17.0 Å². The van der Waals surface area contributed by atoms with Crippen molar-refractivity contribution in [3.05, 3.63) is 47.5 Å². The zero-order valence-electron chi connectivity index (χ0n) is 10.4. The van der Waals surface area contributed by atoms with Crippen molar-refractivity contribution in [2.75, 3.05) is 0 Å².